The predicted molar refractivity (Wildman–Crippen MR) is 75.2 cm³/mol. The minimum absolute atomic E-state index is 0.0926. The van der Waals surface area contributed by atoms with Crippen LogP contribution in [0.4, 0.5) is 0 Å². The number of carbonyl (C=O) groups is 1. The molecule has 2 nitrogen and oxygen atoms in total. The van der Waals surface area contributed by atoms with Crippen molar-refractivity contribution < 1.29 is 4.79 Å². The first-order valence-electron chi connectivity index (χ1n) is 6.59. The molecule has 2 rings (SSSR count). The largest absolute Gasteiger partial charge is 0.339 e. The van der Waals surface area contributed by atoms with Gasteiger partial charge in [-0.25, -0.2) is 0 Å². The van der Waals surface area contributed by atoms with Gasteiger partial charge < -0.3 is 4.90 Å². The van der Waals surface area contributed by atoms with Crippen molar-refractivity contribution >= 4 is 12.0 Å². The minimum Gasteiger partial charge on any atom is -0.339 e. The monoisotopic (exact) mass is 243 g/mol. The maximum Gasteiger partial charge on any atom is 0.246 e. The number of carbonyl (C=O) groups excluding carboxylic acids is 1. The first-order valence-corrected chi connectivity index (χ1v) is 6.59. The standard InChI is InChI=1S/C16H21NO/c1-12-4-6-14(7-5-12)8-11-16(18)17(3)13(2)15-9-10-15/h4-8,11,13,15H,9-10H2,1-3H3/b11-8+. The third kappa shape index (κ3) is 3.22. The van der Waals surface area contributed by atoms with Gasteiger partial charge in [0.15, 0.2) is 0 Å². The van der Waals surface area contributed by atoms with Gasteiger partial charge in [-0.3, -0.25) is 4.79 Å². The second-order valence-corrected chi connectivity index (χ2v) is 5.27. The molecule has 96 valence electrons. The number of nitrogens with zero attached hydrogens (tertiary/aromatic N) is 1. The van der Waals surface area contributed by atoms with Crippen molar-refractivity contribution in [1.82, 2.24) is 4.90 Å². The van der Waals surface area contributed by atoms with Crippen molar-refractivity contribution in [3.05, 3.63) is 41.5 Å². The van der Waals surface area contributed by atoms with Gasteiger partial charge in [-0.2, -0.15) is 0 Å². The summed E-state index contributed by atoms with van der Waals surface area (Å²) < 4.78 is 0. The highest BCUT2D eigenvalue weighted by Crippen LogP contribution is 2.34. The maximum atomic E-state index is 12.0. The molecule has 0 spiro atoms. The van der Waals surface area contributed by atoms with E-state index in [2.05, 4.69) is 26.0 Å². The zero-order chi connectivity index (χ0) is 13.1. The van der Waals surface area contributed by atoms with E-state index in [1.54, 1.807) is 6.08 Å². The number of rotatable bonds is 4. The lowest BCUT2D eigenvalue weighted by molar-refractivity contribution is -0.126. The number of aryl methyl sites for hydroxylation is 1. The molecule has 0 bridgehead atoms. The Kier molecular flexibility index (Phi) is 3.85. The molecule has 1 aromatic rings. The normalized spacial score (nSPS) is 16.8. The smallest absolute Gasteiger partial charge is 0.246 e. The van der Waals surface area contributed by atoms with E-state index in [-0.39, 0.29) is 5.91 Å². The fraction of sp³-hybridized carbons (Fsp3) is 0.438. The summed E-state index contributed by atoms with van der Waals surface area (Å²) in [7, 11) is 1.89. The Morgan fingerprint density at radius 2 is 1.94 bits per heavy atom. The van der Waals surface area contributed by atoms with Crippen LogP contribution in [0, 0.1) is 12.8 Å². The first kappa shape index (κ1) is 12.9. The number of hydrogen-bond acceptors (Lipinski definition) is 1. The fourth-order valence-electron chi connectivity index (χ4n) is 2.06. The molecule has 0 radical (unpaired) electrons. The van der Waals surface area contributed by atoms with Gasteiger partial charge in [-0.05, 0) is 44.2 Å². The molecule has 1 aromatic carbocycles. The van der Waals surface area contributed by atoms with Crippen LogP contribution in [0.2, 0.25) is 0 Å². The summed E-state index contributed by atoms with van der Waals surface area (Å²) >= 11 is 0. The molecule has 1 amide bonds. The molecule has 1 aliphatic carbocycles. The van der Waals surface area contributed by atoms with Gasteiger partial charge >= 0.3 is 0 Å². The fourth-order valence-corrected chi connectivity index (χ4v) is 2.06. The molecule has 0 aromatic heterocycles. The van der Waals surface area contributed by atoms with Crippen LogP contribution in [0.3, 0.4) is 0 Å². The van der Waals surface area contributed by atoms with E-state index in [0.29, 0.717) is 12.0 Å². The lowest BCUT2D eigenvalue weighted by Crippen LogP contribution is -2.35. The Bertz CT molecular complexity index is 443. The first-order chi connectivity index (χ1) is 8.58. The van der Waals surface area contributed by atoms with Crippen molar-refractivity contribution in [3.63, 3.8) is 0 Å². The molecule has 1 atom stereocenters. The van der Waals surface area contributed by atoms with E-state index in [9.17, 15) is 4.79 Å². The van der Waals surface area contributed by atoms with Crippen molar-refractivity contribution in [3.8, 4) is 0 Å². The van der Waals surface area contributed by atoms with Crippen LogP contribution in [0.5, 0.6) is 0 Å². The van der Waals surface area contributed by atoms with E-state index in [0.717, 1.165) is 5.56 Å². The predicted octanol–water partition coefficient (Wildman–Crippen LogP) is 3.27. The highest BCUT2D eigenvalue weighted by molar-refractivity contribution is 5.91. The van der Waals surface area contributed by atoms with E-state index in [4.69, 9.17) is 0 Å². The zero-order valence-electron chi connectivity index (χ0n) is 11.4. The summed E-state index contributed by atoms with van der Waals surface area (Å²) in [5.41, 5.74) is 2.30. The Balaban J connectivity index is 1.95. The van der Waals surface area contributed by atoms with Crippen molar-refractivity contribution in [2.45, 2.75) is 32.7 Å². The highest BCUT2D eigenvalue weighted by atomic mass is 16.2. The van der Waals surface area contributed by atoms with Gasteiger partial charge in [-0.15, -0.1) is 0 Å². The van der Waals surface area contributed by atoms with Crippen LogP contribution in [0.15, 0.2) is 30.3 Å². The number of amides is 1. The molecule has 1 unspecified atom stereocenters. The van der Waals surface area contributed by atoms with E-state index in [1.807, 2.05) is 30.2 Å². The Hall–Kier alpha value is -1.57. The molecule has 1 saturated carbocycles. The Morgan fingerprint density at radius 3 is 2.50 bits per heavy atom. The third-order valence-electron chi connectivity index (χ3n) is 3.76. The van der Waals surface area contributed by atoms with Gasteiger partial charge in [0.2, 0.25) is 5.91 Å². The summed E-state index contributed by atoms with van der Waals surface area (Å²) in [5.74, 6) is 0.807. The van der Waals surface area contributed by atoms with Crippen LogP contribution in [0.25, 0.3) is 6.08 Å². The molecule has 0 aliphatic heterocycles. The number of hydrogen-bond donors (Lipinski definition) is 0. The quantitative estimate of drug-likeness (QED) is 0.743. The van der Waals surface area contributed by atoms with Gasteiger partial charge in [0.1, 0.15) is 0 Å². The van der Waals surface area contributed by atoms with Crippen molar-refractivity contribution in [1.29, 1.82) is 0 Å². The molecular formula is C16H21NO. The van der Waals surface area contributed by atoms with E-state index >= 15 is 0 Å². The van der Waals surface area contributed by atoms with E-state index < -0.39 is 0 Å². The Labute approximate surface area is 109 Å². The van der Waals surface area contributed by atoms with Crippen molar-refractivity contribution in [2.24, 2.45) is 5.92 Å². The molecule has 0 heterocycles. The lowest BCUT2D eigenvalue weighted by atomic mass is 10.1. The van der Waals surface area contributed by atoms with Crippen molar-refractivity contribution in [2.75, 3.05) is 7.05 Å². The SMILES string of the molecule is Cc1ccc(/C=C/C(=O)N(C)C(C)C2CC2)cc1. The summed E-state index contributed by atoms with van der Waals surface area (Å²) in [6.45, 7) is 4.19. The van der Waals surface area contributed by atoms with Gasteiger partial charge in [-0.1, -0.05) is 29.8 Å². The van der Waals surface area contributed by atoms with Crippen LogP contribution in [-0.2, 0) is 4.79 Å². The average molecular weight is 243 g/mol. The summed E-state index contributed by atoms with van der Waals surface area (Å²) in [6.07, 6.45) is 6.09. The molecule has 0 N–H and O–H groups in total. The molecule has 1 aliphatic rings. The summed E-state index contributed by atoms with van der Waals surface area (Å²) in [4.78, 5) is 13.8. The average Bonchev–Trinajstić information content (AvgIpc) is 3.20. The van der Waals surface area contributed by atoms with Crippen LogP contribution in [0.1, 0.15) is 30.9 Å². The lowest BCUT2D eigenvalue weighted by Gasteiger charge is -2.23. The minimum atomic E-state index is 0.0926. The Morgan fingerprint density at radius 1 is 1.33 bits per heavy atom. The second kappa shape index (κ2) is 5.38. The van der Waals surface area contributed by atoms with Crippen LogP contribution < -0.4 is 0 Å². The summed E-state index contributed by atoms with van der Waals surface area (Å²) in [5, 5.41) is 0. The maximum absolute atomic E-state index is 12.0. The topological polar surface area (TPSA) is 20.3 Å². The van der Waals surface area contributed by atoms with Crippen LogP contribution in [-0.4, -0.2) is 23.9 Å². The third-order valence-corrected chi connectivity index (χ3v) is 3.76. The molecule has 2 heteroatoms. The highest BCUT2D eigenvalue weighted by Gasteiger charge is 2.31. The molecule has 1 fully saturated rings. The molecule has 0 saturated heterocycles. The van der Waals surface area contributed by atoms with E-state index in [1.165, 1.54) is 18.4 Å². The van der Waals surface area contributed by atoms with Gasteiger partial charge in [0, 0.05) is 19.2 Å². The molecular weight excluding hydrogens is 222 g/mol. The zero-order valence-corrected chi connectivity index (χ0v) is 11.4. The van der Waals surface area contributed by atoms with Crippen LogP contribution >= 0.6 is 0 Å². The van der Waals surface area contributed by atoms with Gasteiger partial charge in [0.05, 0.1) is 0 Å². The number of likely N-dealkylation sites (N-methyl/N-ethyl adjacent to an activating group) is 1. The number of benzene rings is 1. The van der Waals surface area contributed by atoms with Gasteiger partial charge in [0.25, 0.3) is 0 Å². The molecule has 18 heavy (non-hydrogen) atoms. The second-order valence-electron chi connectivity index (χ2n) is 5.27. The summed E-state index contributed by atoms with van der Waals surface area (Å²) in [6, 6.07) is 8.54.